The van der Waals surface area contributed by atoms with Crippen molar-refractivity contribution in [1.82, 2.24) is 5.32 Å². The molecule has 24 heavy (non-hydrogen) atoms. The summed E-state index contributed by atoms with van der Waals surface area (Å²) in [7, 11) is 0. The lowest BCUT2D eigenvalue weighted by atomic mass is 9.72. The summed E-state index contributed by atoms with van der Waals surface area (Å²) >= 11 is 0. The Hall–Kier alpha value is -1.79. The van der Waals surface area contributed by atoms with Gasteiger partial charge in [-0.05, 0) is 24.7 Å². The third-order valence-corrected chi connectivity index (χ3v) is 4.34. The minimum atomic E-state index is -0.911. The molecule has 0 saturated heterocycles. The Morgan fingerprint density at radius 2 is 1.79 bits per heavy atom. The first kappa shape index (κ1) is 20.3. The third kappa shape index (κ3) is 7.19. The Balaban J connectivity index is 2.49. The number of carbonyl (C=O) groups excluding carboxylic acids is 2. The predicted octanol–water partition coefficient (Wildman–Crippen LogP) is 3.22. The van der Waals surface area contributed by atoms with Gasteiger partial charge in [0.2, 0.25) is 6.29 Å². The average molecular weight is 343 g/mol. The summed E-state index contributed by atoms with van der Waals surface area (Å²) < 4.78 is 10.2. The summed E-state index contributed by atoms with van der Waals surface area (Å²) in [4.78, 5) is 34.5. The molecule has 0 radical (unpaired) electrons. The van der Waals surface area contributed by atoms with Crippen molar-refractivity contribution in [2.45, 2.75) is 77.9 Å². The molecule has 138 valence electrons. The highest BCUT2D eigenvalue weighted by Crippen LogP contribution is 2.38. The van der Waals surface area contributed by atoms with Crippen molar-refractivity contribution in [3.05, 3.63) is 0 Å². The number of hydrogen-bond acceptors (Lipinski definition) is 5. The van der Waals surface area contributed by atoms with Gasteiger partial charge in [0.25, 0.3) is 0 Å². The van der Waals surface area contributed by atoms with Crippen LogP contribution in [0.2, 0.25) is 0 Å². The highest BCUT2D eigenvalue weighted by molar-refractivity contribution is 5.71. The van der Waals surface area contributed by atoms with Crippen LogP contribution in [0.3, 0.4) is 0 Å². The molecule has 0 heterocycles. The summed E-state index contributed by atoms with van der Waals surface area (Å²) in [5, 5.41) is 11.8. The molecule has 1 saturated carbocycles. The van der Waals surface area contributed by atoms with E-state index in [-0.39, 0.29) is 19.4 Å². The van der Waals surface area contributed by atoms with Gasteiger partial charge >= 0.3 is 18.0 Å². The quantitative estimate of drug-likeness (QED) is 0.492. The van der Waals surface area contributed by atoms with Gasteiger partial charge in [0.1, 0.15) is 0 Å². The zero-order valence-corrected chi connectivity index (χ0v) is 14.6. The molecule has 0 aromatic heterocycles. The minimum Gasteiger partial charge on any atom is -0.481 e. The standard InChI is InChI=1S/C17H29NO6/c1-3-8-14(21)23-15(4-2)24-16(22)18-12-17(11-13(19)20)9-6-5-7-10-17/h15H,3-12H2,1-2H3,(H,18,22)(H,19,20). The Kier molecular flexibility index (Phi) is 8.57. The van der Waals surface area contributed by atoms with Crippen molar-refractivity contribution in [3.8, 4) is 0 Å². The van der Waals surface area contributed by atoms with E-state index in [0.29, 0.717) is 12.8 Å². The van der Waals surface area contributed by atoms with Crippen molar-refractivity contribution in [3.63, 3.8) is 0 Å². The molecule has 0 aliphatic heterocycles. The van der Waals surface area contributed by atoms with E-state index in [0.717, 1.165) is 32.1 Å². The van der Waals surface area contributed by atoms with E-state index in [2.05, 4.69) is 5.32 Å². The molecule has 1 atom stereocenters. The van der Waals surface area contributed by atoms with Gasteiger partial charge in [0, 0.05) is 19.4 Å². The Bertz CT molecular complexity index is 431. The van der Waals surface area contributed by atoms with Crippen LogP contribution in [0.4, 0.5) is 4.79 Å². The van der Waals surface area contributed by atoms with Crippen molar-refractivity contribution in [2.75, 3.05) is 6.54 Å². The zero-order valence-electron chi connectivity index (χ0n) is 14.6. The number of alkyl carbamates (subject to hydrolysis) is 1. The van der Waals surface area contributed by atoms with Crippen LogP contribution in [0, 0.1) is 5.41 Å². The van der Waals surface area contributed by atoms with Gasteiger partial charge < -0.3 is 19.9 Å². The lowest BCUT2D eigenvalue weighted by Gasteiger charge is -2.36. The summed E-state index contributed by atoms with van der Waals surface area (Å²) in [5.41, 5.74) is -0.413. The smallest absolute Gasteiger partial charge is 0.410 e. The predicted molar refractivity (Wildman–Crippen MR) is 87.3 cm³/mol. The first-order valence-electron chi connectivity index (χ1n) is 8.76. The van der Waals surface area contributed by atoms with E-state index in [1.807, 2.05) is 6.92 Å². The van der Waals surface area contributed by atoms with Crippen LogP contribution < -0.4 is 5.32 Å². The second-order valence-electron chi connectivity index (χ2n) is 6.47. The van der Waals surface area contributed by atoms with Gasteiger partial charge in [-0.1, -0.05) is 33.1 Å². The van der Waals surface area contributed by atoms with Crippen LogP contribution in [-0.4, -0.2) is 36.0 Å². The first-order valence-corrected chi connectivity index (χ1v) is 8.76. The summed E-state index contributed by atoms with van der Waals surface area (Å²) in [6.07, 6.45) is 4.35. The number of carboxylic acids is 1. The molecule has 1 rings (SSSR count). The van der Waals surface area contributed by atoms with E-state index in [1.54, 1.807) is 6.92 Å². The molecule has 1 unspecified atom stereocenters. The number of aliphatic carboxylic acids is 1. The van der Waals surface area contributed by atoms with Gasteiger partial charge in [-0.25, -0.2) is 4.79 Å². The SMILES string of the molecule is CCCC(=O)OC(CC)OC(=O)NCC1(CC(=O)O)CCCCC1. The number of esters is 1. The zero-order chi connectivity index (χ0) is 18.0. The van der Waals surface area contributed by atoms with Gasteiger partial charge in [-0.15, -0.1) is 0 Å². The number of hydrogen-bond donors (Lipinski definition) is 2. The van der Waals surface area contributed by atoms with Crippen LogP contribution in [-0.2, 0) is 19.1 Å². The van der Waals surface area contributed by atoms with Gasteiger partial charge in [0.05, 0.1) is 6.42 Å². The van der Waals surface area contributed by atoms with E-state index in [9.17, 15) is 14.4 Å². The fourth-order valence-corrected chi connectivity index (χ4v) is 3.06. The number of amides is 1. The normalized spacial score (nSPS) is 17.6. The minimum absolute atomic E-state index is 0.0377. The van der Waals surface area contributed by atoms with E-state index in [1.165, 1.54) is 0 Å². The van der Waals surface area contributed by atoms with E-state index in [4.69, 9.17) is 14.6 Å². The average Bonchev–Trinajstić information content (AvgIpc) is 2.53. The lowest BCUT2D eigenvalue weighted by molar-refractivity contribution is -0.168. The van der Waals surface area contributed by atoms with Crippen LogP contribution in [0.1, 0.15) is 71.6 Å². The number of carbonyl (C=O) groups is 3. The molecule has 7 heteroatoms. The second kappa shape index (κ2) is 10.2. The topological polar surface area (TPSA) is 102 Å². The molecule has 0 aromatic rings. The van der Waals surface area contributed by atoms with E-state index < -0.39 is 29.7 Å². The highest BCUT2D eigenvalue weighted by atomic mass is 16.7. The van der Waals surface area contributed by atoms with Crippen molar-refractivity contribution in [2.24, 2.45) is 5.41 Å². The first-order chi connectivity index (χ1) is 11.4. The largest absolute Gasteiger partial charge is 0.481 e. The van der Waals surface area contributed by atoms with Crippen LogP contribution in [0.5, 0.6) is 0 Å². The monoisotopic (exact) mass is 343 g/mol. The Morgan fingerprint density at radius 1 is 1.12 bits per heavy atom. The number of nitrogens with one attached hydrogen (secondary N) is 1. The fourth-order valence-electron chi connectivity index (χ4n) is 3.06. The molecular formula is C17H29NO6. The maximum atomic E-state index is 12.0. The second-order valence-corrected chi connectivity index (χ2v) is 6.47. The molecular weight excluding hydrogens is 314 g/mol. The molecule has 1 fully saturated rings. The van der Waals surface area contributed by atoms with Crippen molar-refractivity contribution in [1.29, 1.82) is 0 Å². The molecule has 1 aliphatic carbocycles. The maximum absolute atomic E-state index is 12.0. The molecule has 7 nitrogen and oxygen atoms in total. The van der Waals surface area contributed by atoms with Gasteiger partial charge in [0.15, 0.2) is 0 Å². The van der Waals surface area contributed by atoms with Gasteiger partial charge in [-0.2, -0.15) is 0 Å². The molecule has 1 aliphatic rings. The molecule has 2 N–H and O–H groups in total. The Morgan fingerprint density at radius 3 is 2.33 bits per heavy atom. The Labute approximate surface area is 143 Å². The summed E-state index contributed by atoms with van der Waals surface area (Å²) in [6.45, 7) is 3.88. The maximum Gasteiger partial charge on any atom is 0.410 e. The highest BCUT2D eigenvalue weighted by Gasteiger charge is 2.35. The van der Waals surface area contributed by atoms with Crippen molar-refractivity contribution >= 4 is 18.0 Å². The molecule has 1 amide bonds. The van der Waals surface area contributed by atoms with Crippen LogP contribution >= 0.6 is 0 Å². The third-order valence-electron chi connectivity index (χ3n) is 4.34. The van der Waals surface area contributed by atoms with Crippen molar-refractivity contribution < 1.29 is 29.0 Å². The molecule has 0 bridgehead atoms. The van der Waals surface area contributed by atoms with Crippen LogP contribution in [0.15, 0.2) is 0 Å². The van der Waals surface area contributed by atoms with E-state index >= 15 is 0 Å². The number of rotatable bonds is 9. The molecule has 0 aromatic carbocycles. The van der Waals surface area contributed by atoms with Crippen LogP contribution in [0.25, 0.3) is 0 Å². The summed E-state index contributed by atoms with van der Waals surface area (Å²) in [5.74, 6) is -1.25. The fraction of sp³-hybridized carbons (Fsp3) is 0.824. The number of carboxylic acid groups (broad SMARTS) is 1. The summed E-state index contributed by atoms with van der Waals surface area (Å²) in [6, 6.07) is 0. The van der Waals surface area contributed by atoms with Gasteiger partial charge in [-0.3, -0.25) is 9.59 Å². The number of ether oxygens (including phenoxy) is 2. The lowest BCUT2D eigenvalue weighted by Crippen LogP contribution is -2.41. The molecule has 0 spiro atoms.